The second-order valence-electron chi connectivity index (χ2n) is 4.98. The smallest absolute Gasteiger partial charge is 0.255 e. The molecule has 0 unspecified atom stereocenters. The van der Waals surface area contributed by atoms with E-state index in [-0.39, 0.29) is 18.4 Å². The zero-order valence-corrected chi connectivity index (χ0v) is 13.3. The van der Waals surface area contributed by atoms with Crippen molar-refractivity contribution in [2.24, 2.45) is 0 Å². The van der Waals surface area contributed by atoms with Gasteiger partial charge < -0.3 is 15.4 Å². The van der Waals surface area contributed by atoms with Gasteiger partial charge in [0.2, 0.25) is 5.91 Å². The summed E-state index contributed by atoms with van der Waals surface area (Å²) in [6.07, 6.45) is 0.948. The van der Waals surface area contributed by atoms with Crippen LogP contribution in [0, 0.1) is 0 Å². The number of rotatable bonds is 6. The molecule has 5 heteroatoms. The molecule has 0 aliphatic carbocycles. The number of methoxy groups -OCH3 is 1. The second-order valence-corrected chi connectivity index (χ2v) is 4.98. The van der Waals surface area contributed by atoms with Crippen LogP contribution in [-0.4, -0.2) is 25.5 Å². The fourth-order valence-corrected chi connectivity index (χ4v) is 2.12. The minimum Gasteiger partial charge on any atom is -0.496 e. The minimum absolute atomic E-state index is 0.105. The maximum absolute atomic E-state index is 12.1. The lowest BCUT2D eigenvalue weighted by Gasteiger charge is -2.09. The molecule has 5 nitrogen and oxygen atoms in total. The molecule has 0 aromatic heterocycles. The van der Waals surface area contributed by atoms with Crippen LogP contribution >= 0.6 is 0 Å². The van der Waals surface area contributed by atoms with Gasteiger partial charge in [0.1, 0.15) is 5.75 Å². The van der Waals surface area contributed by atoms with Crippen molar-refractivity contribution in [3.8, 4) is 5.75 Å². The lowest BCUT2D eigenvalue weighted by Crippen LogP contribution is -2.33. The molecule has 2 amide bonds. The molecule has 2 rings (SSSR count). The molecule has 0 fully saturated rings. The van der Waals surface area contributed by atoms with Gasteiger partial charge in [0.15, 0.2) is 0 Å². The van der Waals surface area contributed by atoms with Crippen LogP contribution in [0.1, 0.15) is 22.8 Å². The van der Waals surface area contributed by atoms with E-state index < -0.39 is 0 Å². The van der Waals surface area contributed by atoms with Gasteiger partial charge in [-0.15, -0.1) is 0 Å². The lowest BCUT2D eigenvalue weighted by atomic mass is 10.1. The van der Waals surface area contributed by atoms with Gasteiger partial charge in [-0.1, -0.05) is 31.2 Å². The number of anilines is 1. The number of benzene rings is 2. The zero-order valence-electron chi connectivity index (χ0n) is 13.3. The van der Waals surface area contributed by atoms with Crippen molar-refractivity contribution in [1.82, 2.24) is 5.32 Å². The second kappa shape index (κ2) is 7.98. The van der Waals surface area contributed by atoms with E-state index in [1.807, 2.05) is 24.3 Å². The first-order valence-corrected chi connectivity index (χ1v) is 7.44. The highest BCUT2D eigenvalue weighted by Gasteiger charge is 2.12. The van der Waals surface area contributed by atoms with E-state index in [2.05, 4.69) is 17.6 Å². The third-order valence-corrected chi connectivity index (χ3v) is 3.41. The van der Waals surface area contributed by atoms with E-state index in [1.54, 1.807) is 24.3 Å². The third kappa shape index (κ3) is 4.57. The van der Waals surface area contributed by atoms with Gasteiger partial charge in [0.25, 0.3) is 5.91 Å². The van der Waals surface area contributed by atoms with Crippen LogP contribution in [0.25, 0.3) is 0 Å². The van der Waals surface area contributed by atoms with Gasteiger partial charge >= 0.3 is 0 Å². The van der Waals surface area contributed by atoms with Crippen LogP contribution < -0.4 is 15.4 Å². The predicted molar refractivity (Wildman–Crippen MR) is 89.8 cm³/mol. The van der Waals surface area contributed by atoms with E-state index in [4.69, 9.17) is 4.74 Å². The summed E-state index contributed by atoms with van der Waals surface area (Å²) in [5, 5.41) is 5.33. The highest BCUT2D eigenvalue weighted by atomic mass is 16.5. The molecule has 0 atom stereocenters. The SMILES string of the molecule is CCc1ccc(NC(=O)CNC(=O)c2ccccc2OC)cc1. The van der Waals surface area contributed by atoms with Crippen molar-refractivity contribution >= 4 is 17.5 Å². The molecule has 0 bridgehead atoms. The summed E-state index contributed by atoms with van der Waals surface area (Å²) < 4.78 is 5.13. The van der Waals surface area contributed by atoms with E-state index in [9.17, 15) is 9.59 Å². The molecule has 0 heterocycles. The van der Waals surface area contributed by atoms with Crippen molar-refractivity contribution in [3.05, 3.63) is 59.7 Å². The Balaban J connectivity index is 1.89. The molecule has 120 valence electrons. The minimum atomic E-state index is -0.348. The predicted octanol–water partition coefficient (Wildman–Crippen LogP) is 2.63. The standard InChI is InChI=1S/C18H20N2O3/c1-3-13-8-10-14(11-9-13)20-17(21)12-19-18(22)15-6-4-5-7-16(15)23-2/h4-11H,3,12H2,1-2H3,(H,19,22)(H,20,21). The first-order valence-electron chi connectivity index (χ1n) is 7.44. The molecule has 23 heavy (non-hydrogen) atoms. The number of para-hydroxylation sites is 1. The average molecular weight is 312 g/mol. The Labute approximate surface area is 135 Å². The van der Waals surface area contributed by atoms with Crippen molar-refractivity contribution in [2.45, 2.75) is 13.3 Å². The summed E-state index contributed by atoms with van der Waals surface area (Å²) in [5.74, 6) is -0.156. The van der Waals surface area contributed by atoms with Crippen LogP contribution in [-0.2, 0) is 11.2 Å². The normalized spacial score (nSPS) is 10.0. The van der Waals surface area contributed by atoms with Gasteiger partial charge in [-0.2, -0.15) is 0 Å². The summed E-state index contributed by atoms with van der Waals surface area (Å²) >= 11 is 0. The summed E-state index contributed by atoms with van der Waals surface area (Å²) in [6, 6.07) is 14.5. The topological polar surface area (TPSA) is 67.4 Å². The summed E-state index contributed by atoms with van der Waals surface area (Å²) in [5.41, 5.74) is 2.31. The van der Waals surface area contributed by atoms with Crippen molar-refractivity contribution in [2.75, 3.05) is 19.0 Å². The number of nitrogens with one attached hydrogen (secondary N) is 2. The van der Waals surface area contributed by atoms with Crippen LogP contribution in [0.15, 0.2) is 48.5 Å². The Bertz CT molecular complexity index is 681. The number of hydrogen-bond acceptors (Lipinski definition) is 3. The summed E-state index contributed by atoms with van der Waals surface area (Å²) in [7, 11) is 1.50. The van der Waals surface area contributed by atoms with Crippen LogP contribution in [0.2, 0.25) is 0 Å². The molecule has 0 spiro atoms. The maximum Gasteiger partial charge on any atom is 0.255 e. The highest BCUT2D eigenvalue weighted by molar-refractivity contribution is 6.00. The van der Waals surface area contributed by atoms with Gasteiger partial charge in [-0.05, 0) is 36.2 Å². The van der Waals surface area contributed by atoms with Crippen molar-refractivity contribution < 1.29 is 14.3 Å². The number of hydrogen-bond donors (Lipinski definition) is 2. The van der Waals surface area contributed by atoms with E-state index in [0.29, 0.717) is 17.0 Å². The molecular formula is C18H20N2O3. The van der Waals surface area contributed by atoms with E-state index in [1.165, 1.54) is 12.7 Å². The Morgan fingerprint density at radius 2 is 1.74 bits per heavy atom. The Kier molecular flexibility index (Phi) is 5.74. The van der Waals surface area contributed by atoms with Gasteiger partial charge in [-0.3, -0.25) is 9.59 Å². The first-order chi connectivity index (χ1) is 11.1. The van der Waals surface area contributed by atoms with Gasteiger partial charge in [-0.25, -0.2) is 0 Å². The molecule has 0 aliphatic rings. The lowest BCUT2D eigenvalue weighted by molar-refractivity contribution is -0.115. The Morgan fingerprint density at radius 3 is 2.39 bits per heavy atom. The number of amides is 2. The average Bonchev–Trinajstić information content (AvgIpc) is 2.60. The molecule has 2 N–H and O–H groups in total. The van der Waals surface area contributed by atoms with Crippen molar-refractivity contribution in [1.29, 1.82) is 0 Å². The van der Waals surface area contributed by atoms with Crippen LogP contribution in [0.4, 0.5) is 5.69 Å². The molecule has 0 aliphatic heterocycles. The molecule has 2 aromatic carbocycles. The molecule has 0 saturated heterocycles. The van der Waals surface area contributed by atoms with Gasteiger partial charge in [0, 0.05) is 5.69 Å². The molecular weight excluding hydrogens is 292 g/mol. The fourth-order valence-electron chi connectivity index (χ4n) is 2.12. The fraction of sp³-hybridized carbons (Fsp3) is 0.222. The quantitative estimate of drug-likeness (QED) is 0.861. The Hall–Kier alpha value is -2.82. The Morgan fingerprint density at radius 1 is 1.04 bits per heavy atom. The van der Waals surface area contributed by atoms with Crippen molar-refractivity contribution in [3.63, 3.8) is 0 Å². The molecule has 2 aromatic rings. The summed E-state index contributed by atoms with van der Waals surface area (Å²) in [6.45, 7) is 1.97. The molecule has 0 radical (unpaired) electrons. The molecule has 0 saturated carbocycles. The highest BCUT2D eigenvalue weighted by Crippen LogP contribution is 2.16. The largest absolute Gasteiger partial charge is 0.496 e. The number of ether oxygens (including phenoxy) is 1. The zero-order chi connectivity index (χ0) is 16.7. The van der Waals surface area contributed by atoms with E-state index in [0.717, 1.165) is 6.42 Å². The first kappa shape index (κ1) is 16.5. The monoisotopic (exact) mass is 312 g/mol. The number of carbonyl (C=O) groups excluding carboxylic acids is 2. The van der Waals surface area contributed by atoms with Gasteiger partial charge in [0.05, 0.1) is 19.2 Å². The third-order valence-electron chi connectivity index (χ3n) is 3.41. The van der Waals surface area contributed by atoms with E-state index >= 15 is 0 Å². The number of carbonyl (C=O) groups is 2. The maximum atomic E-state index is 12.1. The number of aryl methyl sites for hydroxylation is 1. The van der Waals surface area contributed by atoms with Crippen LogP contribution in [0.3, 0.4) is 0 Å². The summed E-state index contributed by atoms with van der Waals surface area (Å²) in [4.78, 5) is 24.0. The van der Waals surface area contributed by atoms with Crippen LogP contribution in [0.5, 0.6) is 5.75 Å².